The standard InChI is InChI=1S/C13H13N5O2/c1-19-10-7-14-13(20-2)16-12(10)15-11-8-5-3-4-6-9(8)17-18-11/h3-7H,1-2H3,(H2,14,15,16,17,18). The SMILES string of the molecule is COc1ncc(OC)c(Nc2n[nH]c3ccccc23)n1. The summed E-state index contributed by atoms with van der Waals surface area (Å²) in [6, 6.07) is 8.06. The summed E-state index contributed by atoms with van der Waals surface area (Å²) in [5.41, 5.74) is 0.940. The van der Waals surface area contributed by atoms with Crippen LogP contribution in [0, 0.1) is 0 Å². The number of methoxy groups -OCH3 is 2. The van der Waals surface area contributed by atoms with Crippen LogP contribution in [0.5, 0.6) is 11.8 Å². The number of rotatable bonds is 4. The van der Waals surface area contributed by atoms with Crippen molar-refractivity contribution in [3.8, 4) is 11.8 Å². The molecule has 0 unspecified atom stereocenters. The van der Waals surface area contributed by atoms with Gasteiger partial charge in [-0.2, -0.15) is 15.1 Å². The minimum Gasteiger partial charge on any atom is -0.491 e. The monoisotopic (exact) mass is 271 g/mol. The largest absolute Gasteiger partial charge is 0.491 e. The quantitative estimate of drug-likeness (QED) is 0.756. The molecule has 0 aliphatic carbocycles. The van der Waals surface area contributed by atoms with Gasteiger partial charge in [-0.3, -0.25) is 5.10 Å². The fourth-order valence-corrected chi connectivity index (χ4v) is 1.86. The molecule has 0 saturated carbocycles. The number of nitrogens with one attached hydrogen (secondary N) is 2. The normalized spacial score (nSPS) is 10.5. The Morgan fingerprint density at radius 1 is 1.10 bits per heavy atom. The van der Waals surface area contributed by atoms with Gasteiger partial charge in [0.05, 0.1) is 25.9 Å². The molecule has 3 aromatic rings. The zero-order valence-electron chi connectivity index (χ0n) is 11.0. The Labute approximate surface area is 115 Å². The first-order valence-corrected chi connectivity index (χ1v) is 5.97. The number of para-hydroxylation sites is 1. The summed E-state index contributed by atoms with van der Waals surface area (Å²) in [4.78, 5) is 8.21. The van der Waals surface area contributed by atoms with Crippen molar-refractivity contribution in [3.63, 3.8) is 0 Å². The van der Waals surface area contributed by atoms with Crippen molar-refractivity contribution < 1.29 is 9.47 Å². The van der Waals surface area contributed by atoms with E-state index in [1.807, 2.05) is 24.3 Å². The molecular formula is C13H13N5O2. The Morgan fingerprint density at radius 2 is 1.95 bits per heavy atom. The Balaban J connectivity index is 2.01. The van der Waals surface area contributed by atoms with E-state index in [-0.39, 0.29) is 6.01 Å². The molecule has 0 aliphatic heterocycles. The lowest BCUT2D eigenvalue weighted by Crippen LogP contribution is -2.01. The highest BCUT2D eigenvalue weighted by molar-refractivity contribution is 5.91. The lowest BCUT2D eigenvalue weighted by atomic mass is 10.2. The molecule has 0 fully saturated rings. The number of anilines is 2. The molecule has 0 amide bonds. The van der Waals surface area contributed by atoms with Crippen molar-refractivity contribution in [1.29, 1.82) is 0 Å². The first-order chi connectivity index (χ1) is 9.81. The molecule has 3 rings (SSSR count). The first kappa shape index (κ1) is 12.2. The van der Waals surface area contributed by atoms with E-state index in [1.165, 1.54) is 7.11 Å². The highest BCUT2D eigenvalue weighted by Gasteiger charge is 2.11. The summed E-state index contributed by atoms with van der Waals surface area (Å²) in [6.07, 6.45) is 1.54. The highest BCUT2D eigenvalue weighted by Crippen LogP contribution is 2.28. The average Bonchev–Trinajstić information content (AvgIpc) is 2.90. The highest BCUT2D eigenvalue weighted by atomic mass is 16.5. The number of nitrogens with zero attached hydrogens (tertiary/aromatic N) is 3. The fraction of sp³-hybridized carbons (Fsp3) is 0.154. The number of aromatic amines is 1. The second-order valence-corrected chi connectivity index (χ2v) is 4.02. The Bertz CT molecular complexity index is 740. The van der Waals surface area contributed by atoms with Crippen molar-refractivity contribution in [2.45, 2.75) is 0 Å². The van der Waals surface area contributed by atoms with Crippen LogP contribution in [0.2, 0.25) is 0 Å². The van der Waals surface area contributed by atoms with E-state index < -0.39 is 0 Å². The fourth-order valence-electron chi connectivity index (χ4n) is 1.86. The van der Waals surface area contributed by atoms with Crippen LogP contribution in [0.15, 0.2) is 30.5 Å². The second kappa shape index (κ2) is 5.04. The summed E-state index contributed by atoms with van der Waals surface area (Å²) >= 11 is 0. The van der Waals surface area contributed by atoms with E-state index in [0.717, 1.165) is 10.9 Å². The molecule has 0 radical (unpaired) electrons. The number of H-pyrrole nitrogens is 1. The molecule has 2 heterocycles. The predicted molar refractivity (Wildman–Crippen MR) is 74.5 cm³/mol. The smallest absolute Gasteiger partial charge is 0.318 e. The van der Waals surface area contributed by atoms with Gasteiger partial charge in [0.15, 0.2) is 17.4 Å². The molecule has 0 bridgehead atoms. The lowest BCUT2D eigenvalue weighted by molar-refractivity contribution is 0.371. The summed E-state index contributed by atoms with van der Waals surface area (Å²) in [5.74, 6) is 1.68. The Morgan fingerprint density at radius 3 is 2.75 bits per heavy atom. The number of ether oxygens (including phenoxy) is 2. The van der Waals surface area contributed by atoms with Gasteiger partial charge >= 0.3 is 6.01 Å². The van der Waals surface area contributed by atoms with Crippen molar-refractivity contribution in [2.75, 3.05) is 19.5 Å². The van der Waals surface area contributed by atoms with Gasteiger partial charge in [0, 0.05) is 5.39 Å². The zero-order chi connectivity index (χ0) is 13.9. The van der Waals surface area contributed by atoms with Gasteiger partial charge in [-0.1, -0.05) is 12.1 Å². The molecule has 0 atom stereocenters. The number of hydrogen-bond donors (Lipinski definition) is 2. The zero-order valence-corrected chi connectivity index (χ0v) is 11.0. The first-order valence-electron chi connectivity index (χ1n) is 5.97. The molecule has 7 nitrogen and oxygen atoms in total. The van der Waals surface area contributed by atoms with Crippen LogP contribution < -0.4 is 14.8 Å². The predicted octanol–water partition coefficient (Wildman–Crippen LogP) is 2.11. The number of benzene rings is 1. The summed E-state index contributed by atoms with van der Waals surface area (Å²) in [5, 5.41) is 11.3. The van der Waals surface area contributed by atoms with Crippen LogP contribution >= 0.6 is 0 Å². The average molecular weight is 271 g/mol. The van der Waals surface area contributed by atoms with Crippen molar-refractivity contribution in [1.82, 2.24) is 20.2 Å². The molecule has 2 aromatic heterocycles. The minimum absolute atomic E-state index is 0.258. The van der Waals surface area contributed by atoms with Gasteiger partial charge in [0.1, 0.15) is 0 Å². The van der Waals surface area contributed by atoms with Gasteiger partial charge < -0.3 is 14.8 Å². The third-order valence-corrected chi connectivity index (χ3v) is 2.84. The summed E-state index contributed by atoms with van der Waals surface area (Å²) < 4.78 is 10.2. The van der Waals surface area contributed by atoms with Crippen LogP contribution in [-0.2, 0) is 0 Å². The van der Waals surface area contributed by atoms with E-state index in [9.17, 15) is 0 Å². The number of fused-ring (bicyclic) bond motifs is 1. The molecule has 20 heavy (non-hydrogen) atoms. The second-order valence-electron chi connectivity index (χ2n) is 4.02. The number of aromatic nitrogens is 4. The minimum atomic E-state index is 0.258. The van der Waals surface area contributed by atoms with Crippen LogP contribution in [0.4, 0.5) is 11.6 Å². The van der Waals surface area contributed by atoms with Crippen molar-refractivity contribution >= 4 is 22.5 Å². The van der Waals surface area contributed by atoms with Gasteiger partial charge in [-0.15, -0.1) is 0 Å². The van der Waals surface area contributed by atoms with Crippen molar-refractivity contribution in [3.05, 3.63) is 30.5 Å². The molecule has 1 aromatic carbocycles. The van der Waals surface area contributed by atoms with E-state index >= 15 is 0 Å². The molecule has 0 aliphatic rings. The van der Waals surface area contributed by atoms with Gasteiger partial charge in [0.25, 0.3) is 0 Å². The van der Waals surface area contributed by atoms with Crippen LogP contribution in [0.1, 0.15) is 0 Å². The maximum absolute atomic E-state index is 5.22. The maximum Gasteiger partial charge on any atom is 0.318 e. The van der Waals surface area contributed by atoms with E-state index in [0.29, 0.717) is 17.4 Å². The lowest BCUT2D eigenvalue weighted by Gasteiger charge is -2.09. The Kier molecular flexibility index (Phi) is 3.08. The molecule has 102 valence electrons. The topological polar surface area (TPSA) is 85.0 Å². The van der Waals surface area contributed by atoms with Crippen molar-refractivity contribution in [2.24, 2.45) is 0 Å². The molecule has 0 spiro atoms. The molecule has 2 N–H and O–H groups in total. The van der Waals surface area contributed by atoms with Crippen LogP contribution in [0.25, 0.3) is 10.9 Å². The van der Waals surface area contributed by atoms with E-state index in [1.54, 1.807) is 13.3 Å². The molecular weight excluding hydrogens is 258 g/mol. The summed E-state index contributed by atoms with van der Waals surface area (Å²) in [6.45, 7) is 0. The third kappa shape index (κ3) is 2.09. The summed E-state index contributed by atoms with van der Waals surface area (Å²) in [7, 11) is 3.06. The number of hydrogen-bond acceptors (Lipinski definition) is 6. The van der Waals surface area contributed by atoms with Crippen LogP contribution in [0.3, 0.4) is 0 Å². The maximum atomic E-state index is 5.22. The van der Waals surface area contributed by atoms with Gasteiger partial charge in [0.2, 0.25) is 0 Å². The molecule has 0 saturated heterocycles. The molecule has 7 heteroatoms. The Hall–Kier alpha value is -2.83. The van der Waals surface area contributed by atoms with E-state index in [2.05, 4.69) is 25.5 Å². The van der Waals surface area contributed by atoms with Gasteiger partial charge in [-0.05, 0) is 12.1 Å². The van der Waals surface area contributed by atoms with Gasteiger partial charge in [-0.25, -0.2) is 0 Å². The third-order valence-electron chi connectivity index (χ3n) is 2.84. The van der Waals surface area contributed by atoms with Crippen LogP contribution in [-0.4, -0.2) is 34.4 Å². The van der Waals surface area contributed by atoms with E-state index in [4.69, 9.17) is 9.47 Å².